The summed E-state index contributed by atoms with van der Waals surface area (Å²) in [4.78, 5) is 9.89. The topological polar surface area (TPSA) is 78.4 Å². The number of halogens is 1. The molecule has 0 aliphatic heterocycles. The minimum Gasteiger partial charge on any atom is -0.405 e. The number of nitrogen functional groups attached to an aromatic ring is 1. The lowest BCUT2D eigenvalue weighted by Gasteiger charge is -2.00. The number of anilines is 1. The first-order valence-electron chi connectivity index (χ1n) is 3.77. The van der Waals surface area contributed by atoms with E-state index in [1.54, 1.807) is 6.92 Å². The summed E-state index contributed by atoms with van der Waals surface area (Å²) in [7, 11) is 0. The molecule has 0 fully saturated rings. The molecule has 0 bridgehead atoms. The number of nitro benzene ring substituents is 1. The first-order valence-corrected chi connectivity index (χ1v) is 3.77. The summed E-state index contributed by atoms with van der Waals surface area (Å²) in [6.45, 7) is 1.59. The van der Waals surface area contributed by atoms with Gasteiger partial charge in [0.25, 0.3) is 5.69 Å². The molecule has 0 spiro atoms. The minimum atomic E-state index is -0.522. The van der Waals surface area contributed by atoms with Gasteiger partial charge in [0.2, 0.25) is 0 Å². The number of benzene rings is 1. The van der Waals surface area contributed by atoms with Crippen LogP contribution >= 0.6 is 12.4 Å². The van der Waals surface area contributed by atoms with Gasteiger partial charge < -0.3 is 10.5 Å². The van der Waals surface area contributed by atoms with Gasteiger partial charge in [-0.25, -0.2) is 0 Å². The number of non-ortho nitro benzene ring substituents is 1. The molecule has 80 valence electrons. The molecule has 0 amide bonds. The normalized spacial score (nSPS) is 8.07. The van der Waals surface area contributed by atoms with Gasteiger partial charge in [-0.3, -0.25) is 10.1 Å². The first kappa shape index (κ1) is 13.1. The number of rotatable bonds is 2. The van der Waals surface area contributed by atoms with Crippen LogP contribution in [-0.4, -0.2) is 4.92 Å². The summed E-state index contributed by atoms with van der Waals surface area (Å²) in [5, 5.41) is 10.4. The SMILES string of the molecule is CC#COc1cc([N+](=O)[O-])ccc1N.Cl. The van der Waals surface area contributed by atoms with Crippen LogP contribution in [0.25, 0.3) is 0 Å². The minimum absolute atomic E-state index is 0. The average molecular weight is 229 g/mol. The molecule has 1 aromatic carbocycles. The summed E-state index contributed by atoms with van der Waals surface area (Å²) in [5.41, 5.74) is 5.76. The fourth-order valence-electron chi connectivity index (χ4n) is 0.831. The van der Waals surface area contributed by atoms with Crippen molar-refractivity contribution in [3.05, 3.63) is 28.3 Å². The van der Waals surface area contributed by atoms with Crippen LogP contribution in [0.2, 0.25) is 0 Å². The van der Waals surface area contributed by atoms with Gasteiger partial charge in [0, 0.05) is 13.0 Å². The molecule has 0 heterocycles. The molecular formula is C9H9ClN2O3. The Kier molecular flexibility index (Phi) is 4.99. The molecule has 6 heteroatoms. The van der Waals surface area contributed by atoms with Crippen LogP contribution in [0.4, 0.5) is 11.4 Å². The highest BCUT2D eigenvalue weighted by atomic mass is 35.5. The summed E-state index contributed by atoms with van der Waals surface area (Å²) in [6, 6.07) is 3.95. The molecule has 0 aliphatic rings. The van der Waals surface area contributed by atoms with Crippen LogP contribution in [0.1, 0.15) is 6.92 Å². The maximum Gasteiger partial charge on any atom is 0.273 e. The highest BCUT2D eigenvalue weighted by molar-refractivity contribution is 5.85. The Labute approximate surface area is 92.8 Å². The third-order valence-corrected chi connectivity index (χ3v) is 1.47. The lowest BCUT2D eigenvalue weighted by Crippen LogP contribution is -1.94. The van der Waals surface area contributed by atoms with E-state index >= 15 is 0 Å². The molecule has 1 aromatic rings. The largest absolute Gasteiger partial charge is 0.405 e. The lowest BCUT2D eigenvalue weighted by molar-refractivity contribution is -0.384. The molecule has 5 nitrogen and oxygen atoms in total. The predicted molar refractivity (Wildman–Crippen MR) is 58.8 cm³/mol. The molecule has 15 heavy (non-hydrogen) atoms. The third kappa shape index (κ3) is 3.37. The second kappa shape index (κ2) is 5.73. The Morgan fingerprint density at radius 1 is 1.53 bits per heavy atom. The zero-order chi connectivity index (χ0) is 10.6. The first-order chi connectivity index (χ1) is 6.65. The van der Waals surface area contributed by atoms with Gasteiger partial charge in [0.05, 0.1) is 16.7 Å². The molecule has 1 rings (SSSR count). The number of nitro groups is 1. The van der Waals surface area contributed by atoms with E-state index in [9.17, 15) is 10.1 Å². The number of hydrogen-bond donors (Lipinski definition) is 1. The Morgan fingerprint density at radius 3 is 2.73 bits per heavy atom. The Balaban J connectivity index is 0.00000196. The van der Waals surface area contributed by atoms with Gasteiger partial charge in [-0.15, -0.1) is 12.4 Å². The maximum absolute atomic E-state index is 10.4. The van der Waals surface area contributed by atoms with E-state index in [1.807, 2.05) is 0 Å². The van der Waals surface area contributed by atoms with Gasteiger partial charge >= 0.3 is 0 Å². The van der Waals surface area contributed by atoms with Crippen LogP contribution in [0, 0.1) is 22.1 Å². The quantitative estimate of drug-likeness (QED) is 0.363. The van der Waals surface area contributed by atoms with E-state index in [4.69, 9.17) is 10.5 Å². The second-order valence-corrected chi connectivity index (χ2v) is 2.43. The van der Waals surface area contributed by atoms with E-state index < -0.39 is 4.92 Å². The van der Waals surface area contributed by atoms with Gasteiger partial charge in [-0.1, -0.05) is 5.92 Å². The van der Waals surface area contributed by atoms with E-state index in [-0.39, 0.29) is 23.8 Å². The van der Waals surface area contributed by atoms with Crippen LogP contribution < -0.4 is 10.5 Å². The maximum atomic E-state index is 10.4. The van der Waals surface area contributed by atoms with Crippen molar-refractivity contribution in [2.24, 2.45) is 0 Å². The van der Waals surface area contributed by atoms with E-state index in [0.29, 0.717) is 5.69 Å². The van der Waals surface area contributed by atoms with Crippen LogP contribution in [-0.2, 0) is 0 Å². The van der Waals surface area contributed by atoms with Crippen molar-refractivity contribution in [2.45, 2.75) is 6.92 Å². The molecule has 0 atom stereocenters. The zero-order valence-corrected chi connectivity index (χ0v) is 8.71. The lowest BCUT2D eigenvalue weighted by atomic mass is 10.2. The predicted octanol–water partition coefficient (Wildman–Crippen LogP) is 1.96. The van der Waals surface area contributed by atoms with Crippen LogP contribution in [0.15, 0.2) is 18.2 Å². The highest BCUT2D eigenvalue weighted by Gasteiger charge is 2.09. The zero-order valence-electron chi connectivity index (χ0n) is 7.89. The number of nitrogens with zero attached hydrogens (tertiary/aromatic N) is 1. The Bertz CT molecular complexity index is 423. The van der Waals surface area contributed by atoms with Gasteiger partial charge in [0.1, 0.15) is 6.11 Å². The van der Waals surface area contributed by atoms with Crippen molar-refractivity contribution in [3.8, 4) is 17.8 Å². The van der Waals surface area contributed by atoms with E-state index in [0.717, 1.165) is 0 Å². The molecule has 0 saturated heterocycles. The fourth-order valence-corrected chi connectivity index (χ4v) is 0.831. The van der Waals surface area contributed by atoms with Gasteiger partial charge in [-0.05, 0) is 6.07 Å². The summed E-state index contributed by atoms with van der Waals surface area (Å²) < 4.78 is 4.89. The molecular weight excluding hydrogens is 220 g/mol. The number of ether oxygens (including phenoxy) is 1. The Hall–Kier alpha value is -1.93. The van der Waals surface area contributed by atoms with E-state index in [1.165, 1.54) is 18.2 Å². The monoisotopic (exact) mass is 228 g/mol. The van der Waals surface area contributed by atoms with Crippen LogP contribution in [0.3, 0.4) is 0 Å². The molecule has 2 N–H and O–H groups in total. The summed E-state index contributed by atoms with van der Waals surface area (Å²) in [6.07, 6.45) is 2.32. The van der Waals surface area contributed by atoms with Crippen molar-refractivity contribution < 1.29 is 9.66 Å². The molecule has 0 aromatic heterocycles. The fraction of sp³-hybridized carbons (Fsp3) is 0.111. The molecule has 0 aliphatic carbocycles. The molecule has 0 radical (unpaired) electrons. The number of nitrogens with two attached hydrogens (primary N) is 1. The molecule has 0 unspecified atom stereocenters. The Morgan fingerprint density at radius 2 is 2.20 bits per heavy atom. The van der Waals surface area contributed by atoms with Gasteiger partial charge in [0.15, 0.2) is 5.75 Å². The third-order valence-electron chi connectivity index (χ3n) is 1.47. The van der Waals surface area contributed by atoms with Crippen molar-refractivity contribution in [2.75, 3.05) is 5.73 Å². The summed E-state index contributed by atoms with van der Waals surface area (Å²) in [5.74, 6) is 2.70. The van der Waals surface area contributed by atoms with Crippen molar-refractivity contribution in [3.63, 3.8) is 0 Å². The van der Waals surface area contributed by atoms with Crippen LogP contribution in [0.5, 0.6) is 5.75 Å². The van der Waals surface area contributed by atoms with Crippen molar-refractivity contribution in [1.29, 1.82) is 0 Å². The highest BCUT2D eigenvalue weighted by Crippen LogP contribution is 2.26. The summed E-state index contributed by atoms with van der Waals surface area (Å²) >= 11 is 0. The smallest absolute Gasteiger partial charge is 0.273 e. The van der Waals surface area contributed by atoms with Crippen molar-refractivity contribution >= 4 is 23.8 Å². The molecule has 0 saturated carbocycles. The second-order valence-electron chi connectivity index (χ2n) is 2.43. The van der Waals surface area contributed by atoms with E-state index in [2.05, 4.69) is 12.0 Å². The van der Waals surface area contributed by atoms with Gasteiger partial charge in [-0.2, -0.15) is 0 Å². The van der Waals surface area contributed by atoms with Crippen molar-refractivity contribution in [1.82, 2.24) is 0 Å². The standard InChI is InChI=1S/C9H8N2O3.ClH/c1-2-5-14-9-6-7(11(12)13)3-4-8(9)10;/h3-4,6H,10H2,1H3;1H. The number of hydrogen-bond acceptors (Lipinski definition) is 4. The average Bonchev–Trinajstić information content (AvgIpc) is 2.16.